The molecular weight excluding hydrogens is 244 g/mol. The van der Waals surface area contributed by atoms with Gasteiger partial charge in [0, 0.05) is 19.6 Å². The van der Waals surface area contributed by atoms with E-state index in [0.29, 0.717) is 12.0 Å². The monoisotopic (exact) mass is 270 g/mol. The van der Waals surface area contributed by atoms with Gasteiger partial charge in [-0.3, -0.25) is 4.90 Å². The Balaban J connectivity index is 2.61. The number of morpholine rings is 1. The summed E-state index contributed by atoms with van der Waals surface area (Å²) < 4.78 is 5.40. The molecule has 1 atom stereocenters. The first-order valence-electron chi connectivity index (χ1n) is 7.04. The fourth-order valence-corrected chi connectivity index (χ4v) is 3.37. The maximum Gasteiger partial charge on any atom is 0.156 e. The zero-order valence-electron chi connectivity index (χ0n) is 11.7. The molecule has 1 aliphatic heterocycles. The summed E-state index contributed by atoms with van der Waals surface area (Å²) in [7, 11) is 0. The van der Waals surface area contributed by atoms with Crippen LogP contribution in [0, 0.1) is 16.7 Å². The lowest BCUT2D eigenvalue weighted by molar-refractivity contribution is -0.0156. The van der Waals surface area contributed by atoms with E-state index in [0.717, 1.165) is 25.4 Å². The SMILES string of the molecule is CCCC(CS)(CCC)CN1CCOC(C#N)C1. The third-order valence-electron chi connectivity index (χ3n) is 3.75. The summed E-state index contributed by atoms with van der Waals surface area (Å²) in [6, 6.07) is 2.22. The number of thiol groups is 1. The normalized spacial score (nSPS) is 21.8. The van der Waals surface area contributed by atoms with Crippen molar-refractivity contribution in [2.24, 2.45) is 5.41 Å². The van der Waals surface area contributed by atoms with Gasteiger partial charge < -0.3 is 4.74 Å². The molecule has 1 rings (SSSR count). The van der Waals surface area contributed by atoms with Gasteiger partial charge >= 0.3 is 0 Å². The van der Waals surface area contributed by atoms with Crippen molar-refractivity contribution in [3.05, 3.63) is 0 Å². The van der Waals surface area contributed by atoms with E-state index in [-0.39, 0.29) is 6.10 Å². The zero-order valence-corrected chi connectivity index (χ0v) is 12.6. The van der Waals surface area contributed by atoms with Gasteiger partial charge in [-0.25, -0.2) is 0 Å². The topological polar surface area (TPSA) is 36.3 Å². The predicted octanol–water partition coefficient (Wildman–Crippen LogP) is 2.73. The first-order valence-corrected chi connectivity index (χ1v) is 7.67. The molecule has 1 heterocycles. The van der Waals surface area contributed by atoms with Gasteiger partial charge in [-0.15, -0.1) is 0 Å². The fourth-order valence-electron chi connectivity index (χ4n) is 2.95. The standard InChI is InChI=1S/C14H26N2OS/c1-3-5-14(12-18,6-4-2)11-16-7-8-17-13(9-15)10-16/h13,18H,3-8,10-12H2,1-2H3. The Kier molecular flexibility index (Phi) is 7.06. The van der Waals surface area contributed by atoms with Crippen LogP contribution in [0.4, 0.5) is 0 Å². The number of ether oxygens (including phenoxy) is 1. The van der Waals surface area contributed by atoms with Crippen LogP contribution in [0.15, 0.2) is 0 Å². The van der Waals surface area contributed by atoms with Crippen molar-refractivity contribution >= 4 is 12.6 Å². The van der Waals surface area contributed by atoms with Crippen LogP contribution in [0.25, 0.3) is 0 Å². The van der Waals surface area contributed by atoms with E-state index in [4.69, 9.17) is 10.00 Å². The van der Waals surface area contributed by atoms with E-state index in [2.05, 4.69) is 37.4 Å². The van der Waals surface area contributed by atoms with Gasteiger partial charge in [0.1, 0.15) is 0 Å². The summed E-state index contributed by atoms with van der Waals surface area (Å²) in [5, 5.41) is 8.95. The van der Waals surface area contributed by atoms with Gasteiger partial charge in [-0.2, -0.15) is 17.9 Å². The molecule has 0 amide bonds. The van der Waals surface area contributed by atoms with Crippen molar-refractivity contribution in [3.63, 3.8) is 0 Å². The fraction of sp³-hybridized carbons (Fsp3) is 0.929. The number of nitrogens with zero attached hydrogens (tertiary/aromatic N) is 2. The van der Waals surface area contributed by atoms with Crippen LogP contribution in [-0.2, 0) is 4.74 Å². The van der Waals surface area contributed by atoms with Crippen molar-refractivity contribution in [1.29, 1.82) is 5.26 Å². The number of nitriles is 1. The molecule has 104 valence electrons. The lowest BCUT2D eigenvalue weighted by atomic mass is 9.80. The average molecular weight is 270 g/mol. The van der Waals surface area contributed by atoms with Gasteiger partial charge in [-0.1, -0.05) is 26.7 Å². The maximum absolute atomic E-state index is 8.95. The molecule has 0 aromatic heterocycles. The molecule has 0 N–H and O–H groups in total. The van der Waals surface area contributed by atoms with Crippen LogP contribution in [0.2, 0.25) is 0 Å². The van der Waals surface area contributed by atoms with Crippen LogP contribution in [0.1, 0.15) is 39.5 Å². The largest absolute Gasteiger partial charge is 0.361 e. The molecule has 3 nitrogen and oxygen atoms in total. The Morgan fingerprint density at radius 2 is 2.06 bits per heavy atom. The summed E-state index contributed by atoms with van der Waals surface area (Å²) in [4.78, 5) is 2.39. The molecule has 1 unspecified atom stereocenters. The predicted molar refractivity (Wildman–Crippen MR) is 77.9 cm³/mol. The van der Waals surface area contributed by atoms with Crippen molar-refractivity contribution in [2.75, 3.05) is 32.0 Å². The van der Waals surface area contributed by atoms with Crippen LogP contribution >= 0.6 is 12.6 Å². The van der Waals surface area contributed by atoms with E-state index in [9.17, 15) is 0 Å². The maximum atomic E-state index is 8.95. The summed E-state index contributed by atoms with van der Waals surface area (Å²) in [6.07, 6.45) is 4.59. The third kappa shape index (κ3) is 4.46. The summed E-state index contributed by atoms with van der Waals surface area (Å²) in [5.74, 6) is 0.934. The van der Waals surface area contributed by atoms with Crippen LogP contribution in [0.3, 0.4) is 0 Å². The first kappa shape index (κ1) is 15.8. The van der Waals surface area contributed by atoms with Crippen LogP contribution < -0.4 is 0 Å². The second-order valence-corrected chi connectivity index (χ2v) is 5.70. The molecule has 1 aliphatic rings. The van der Waals surface area contributed by atoms with E-state index in [1.165, 1.54) is 25.7 Å². The van der Waals surface area contributed by atoms with Gasteiger partial charge in [0.05, 0.1) is 12.7 Å². The number of hydrogen-bond donors (Lipinski definition) is 1. The smallest absolute Gasteiger partial charge is 0.156 e. The summed E-state index contributed by atoms with van der Waals surface area (Å²) in [6.45, 7) is 7.91. The highest BCUT2D eigenvalue weighted by atomic mass is 32.1. The molecule has 18 heavy (non-hydrogen) atoms. The minimum absolute atomic E-state index is 0.250. The highest BCUT2D eigenvalue weighted by Gasteiger charge is 2.31. The van der Waals surface area contributed by atoms with E-state index in [1.54, 1.807) is 0 Å². The van der Waals surface area contributed by atoms with E-state index < -0.39 is 0 Å². The lowest BCUT2D eigenvalue weighted by Crippen LogP contribution is -2.47. The van der Waals surface area contributed by atoms with Crippen molar-refractivity contribution in [1.82, 2.24) is 4.90 Å². The molecule has 0 aromatic rings. The number of rotatable bonds is 7. The van der Waals surface area contributed by atoms with Gasteiger partial charge in [0.2, 0.25) is 0 Å². The number of hydrogen-bond acceptors (Lipinski definition) is 4. The van der Waals surface area contributed by atoms with Gasteiger partial charge in [0.25, 0.3) is 0 Å². The van der Waals surface area contributed by atoms with E-state index in [1.807, 2.05) is 0 Å². The summed E-state index contributed by atoms with van der Waals surface area (Å²) in [5.41, 5.74) is 0.309. The zero-order chi connectivity index (χ0) is 13.4. The molecule has 0 radical (unpaired) electrons. The quantitative estimate of drug-likeness (QED) is 0.723. The Hall–Kier alpha value is -0.240. The lowest BCUT2D eigenvalue weighted by Gasteiger charge is -2.40. The van der Waals surface area contributed by atoms with Crippen molar-refractivity contribution in [2.45, 2.75) is 45.6 Å². The Morgan fingerprint density at radius 1 is 1.39 bits per heavy atom. The first-order chi connectivity index (χ1) is 8.69. The molecular formula is C14H26N2OS. The molecule has 1 saturated heterocycles. The average Bonchev–Trinajstić information content (AvgIpc) is 2.39. The Bertz CT molecular complexity index is 271. The van der Waals surface area contributed by atoms with Crippen LogP contribution in [-0.4, -0.2) is 43.0 Å². The van der Waals surface area contributed by atoms with Crippen molar-refractivity contribution in [3.8, 4) is 6.07 Å². The van der Waals surface area contributed by atoms with Crippen molar-refractivity contribution < 1.29 is 4.74 Å². The molecule has 4 heteroatoms. The minimum atomic E-state index is -0.250. The van der Waals surface area contributed by atoms with E-state index >= 15 is 0 Å². The molecule has 0 aliphatic carbocycles. The second-order valence-electron chi connectivity index (χ2n) is 5.38. The molecule has 0 spiro atoms. The molecule has 0 saturated carbocycles. The molecule has 1 fully saturated rings. The van der Waals surface area contributed by atoms with Gasteiger partial charge in [-0.05, 0) is 24.0 Å². The molecule has 0 bridgehead atoms. The highest BCUT2D eigenvalue weighted by Crippen LogP contribution is 2.32. The minimum Gasteiger partial charge on any atom is -0.361 e. The Labute approximate surface area is 117 Å². The Morgan fingerprint density at radius 3 is 2.56 bits per heavy atom. The van der Waals surface area contributed by atoms with Gasteiger partial charge in [0.15, 0.2) is 6.10 Å². The highest BCUT2D eigenvalue weighted by molar-refractivity contribution is 7.80. The second kappa shape index (κ2) is 8.04. The third-order valence-corrected chi connectivity index (χ3v) is 4.42. The summed E-state index contributed by atoms with van der Waals surface area (Å²) >= 11 is 4.59. The van der Waals surface area contributed by atoms with Crippen LogP contribution in [0.5, 0.6) is 0 Å². The molecule has 0 aromatic carbocycles.